The Morgan fingerprint density at radius 2 is 1.49 bits per heavy atom. The maximum atomic E-state index is 13.8. The molecule has 10 heteroatoms. The number of amides is 1. The van der Waals surface area contributed by atoms with Crippen LogP contribution in [-0.4, -0.2) is 14.3 Å². The lowest BCUT2D eigenvalue weighted by molar-refractivity contribution is -0.138. The topological polar surface area (TPSA) is 84.5 Å². The number of nitrogens with one attached hydrogen (secondary N) is 2. The van der Waals surface area contributed by atoms with Gasteiger partial charge in [0, 0.05) is 18.3 Å². The van der Waals surface area contributed by atoms with Crippen LogP contribution in [0.2, 0.25) is 0 Å². The van der Waals surface area contributed by atoms with E-state index in [9.17, 15) is 26.4 Å². The van der Waals surface area contributed by atoms with Crippen molar-refractivity contribution in [1.82, 2.24) is 0 Å². The van der Waals surface area contributed by atoms with Crippen molar-refractivity contribution in [3.05, 3.63) is 90.5 Å². The Hall–Kier alpha value is -4.05. The molecule has 0 aliphatic rings. The zero-order chi connectivity index (χ0) is 25.2. The Morgan fingerprint density at radius 3 is 2.14 bits per heavy atom. The summed E-state index contributed by atoms with van der Waals surface area (Å²) < 4.78 is 74.4. The summed E-state index contributed by atoms with van der Waals surface area (Å²) in [6, 6.07) is 20.4. The molecule has 4 aromatic carbocycles. The molecule has 0 fully saturated rings. The Morgan fingerprint density at radius 1 is 0.829 bits per heavy atom. The van der Waals surface area contributed by atoms with E-state index in [1.54, 1.807) is 18.2 Å². The van der Waals surface area contributed by atoms with Crippen molar-refractivity contribution < 1.29 is 31.1 Å². The van der Waals surface area contributed by atoms with Crippen LogP contribution in [0.4, 0.5) is 24.5 Å². The summed E-state index contributed by atoms with van der Waals surface area (Å²) in [7, 11) is -4.19. The largest absolute Gasteiger partial charge is 0.457 e. The van der Waals surface area contributed by atoms with Gasteiger partial charge in [-0.15, -0.1) is 0 Å². The van der Waals surface area contributed by atoms with Crippen LogP contribution in [0.3, 0.4) is 0 Å². The minimum atomic E-state index is -4.80. The van der Waals surface area contributed by atoms with Crippen molar-refractivity contribution in [3.8, 4) is 11.5 Å². The molecular formula is C25H19F3N2O4S. The molecule has 35 heavy (non-hydrogen) atoms. The van der Waals surface area contributed by atoms with Crippen LogP contribution < -0.4 is 14.8 Å². The van der Waals surface area contributed by atoms with E-state index < -0.39 is 27.5 Å². The fraction of sp³-hybridized carbons (Fsp3) is 0.0800. The van der Waals surface area contributed by atoms with Crippen molar-refractivity contribution in [2.75, 3.05) is 10.0 Å². The van der Waals surface area contributed by atoms with Crippen LogP contribution in [0.1, 0.15) is 12.5 Å². The molecule has 180 valence electrons. The second-order valence-corrected chi connectivity index (χ2v) is 9.31. The molecule has 0 bridgehead atoms. The number of sulfonamides is 1. The van der Waals surface area contributed by atoms with Gasteiger partial charge in [0.15, 0.2) is 0 Å². The third-order valence-corrected chi connectivity index (χ3v) is 6.37. The van der Waals surface area contributed by atoms with E-state index in [-0.39, 0.29) is 22.2 Å². The van der Waals surface area contributed by atoms with E-state index in [0.29, 0.717) is 11.8 Å². The molecule has 0 radical (unpaired) electrons. The lowest BCUT2D eigenvalue weighted by atomic mass is 10.1. The molecular weight excluding hydrogens is 481 g/mol. The number of carbonyl (C=O) groups is 1. The molecule has 0 saturated carbocycles. The molecule has 4 rings (SSSR count). The van der Waals surface area contributed by atoms with E-state index in [4.69, 9.17) is 4.74 Å². The number of rotatable bonds is 6. The number of alkyl halides is 3. The van der Waals surface area contributed by atoms with Gasteiger partial charge in [-0.1, -0.05) is 30.3 Å². The third kappa shape index (κ3) is 5.72. The summed E-state index contributed by atoms with van der Waals surface area (Å²) in [5.41, 5.74) is -1.04. The Balaban J connectivity index is 1.61. The van der Waals surface area contributed by atoms with Gasteiger partial charge in [0.1, 0.15) is 17.1 Å². The predicted octanol–water partition coefficient (Wildman–Crippen LogP) is 6.41. The van der Waals surface area contributed by atoms with E-state index >= 15 is 0 Å². The molecule has 0 aliphatic heterocycles. The van der Waals surface area contributed by atoms with Gasteiger partial charge in [-0.25, -0.2) is 8.42 Å². The summed E-state index contributed by atoms with van der Waals surface area (Å²) in [5.74, 6) is -0.582. The van der Waals surface area contributed by atoms with Crippen molar-refractivity contribution in [2.45, 2.75) is 18.0 Å². The first-order chi connectivity index (χ1) is 16.5. The second kappa shape index (κ2) is 9.30. The van der Waals surface area contributed by atoms with Gasteiger partial charge in [-0.05, 0) is 65.4 Å². The molecule has 0 unspecified atom stereocenters. The monoisotopic (exact) mass is 500 g/mol. The standard InChI is InChI=1S/C25H19F3N2O4S/c1-16(31)29-19-7-11-22(12-8-19)35(32,33)30-20-9-13-24(23(15-20)25(26,27)28)34-21-10-6-17-4-2-3-5-18(17)14-21/h2-15,30H,1H3,(H,29,31). The predicted molar refractivity (Wildman–Crippen MR) is 127 cm³/mol. The van der Waals surface area contributed by atoms with E-state index in [2.05, 4.69) is 10.0 Å². The zero-order valence-corrected chi connectivity index (χ0v) is 19.1. The summed E-state index contributed by atoms with van der Waals surface area (Å²) in [5, 5.41) is 4.21. The van der Waals surface area contributed by atoms with Crippen molar-refractivity contribution >= 4 is 38.1 Å². The first kappa shape index (κ1) is 24.1. The number of benzene rings is 4. The number of ether oxygens (including phenoxy) is 1. The van der Waals surface area contributed by atoms with Crippen LogP contribution in [0.25, 0.3) is 10.8 Å². The van der Waals surface area contributed by atoms with Gasteiger partial charge in [-0.3, -0.25) is 9.52 Å². The molecule has 4 aromatic rings. The van der Waals surface area contributed by atoms with E-state index in [1.807, 2.05) is 24.3 Å². The van der Waals surface area contributed by atoms with Crippen molar-refractivity contribution in [3.63, 3.8) is 0 Å². The van der Waals surface area contributed by atoms with Crippen LogP contribution in [0.5, 0.6) is 11.5 Å². The van der Waals surface area contributed by atoms with E-state index in [1.165, 1.54) is 37.3 Å². The smallest absolute Gasteiger partial charge is 0.420 e. The first-order valence-electron chi connectivity index (χ1n) is 10.3. The summed E-state index contributed by atoms with van der Waals surface area (Å²) in [6.07, 6.45) is -4.80. The number of anilines is 2. The first-order valence-corrected chi connectivity index (χ1v) is 11.8. The van der Waals surface area contributed by atoms with Gasteiger partial charge in [-0.2, -0.15) is 13.2 Å². The van der Waals surface area contributed by atoms with E-state index in [0.717, 1.165) is 16.8 Å². The van der Waals surface area contributed by atoms with Gasteiger partial charge >= 0.3 is 6.18 Å². The van der Waals surface area contributed by atoms with Crippen LogP contribution >= 0.6 is 0 Å². The average Bonchev–Trinajstić information content (AvgIpc) is 2.79. The molecule has 0 aromatic heterocycles. The number of halogens is 3. The van der Waals surface area contributed by atoms with Crippen molar-refractivity contribution in [2.24, 2.45) is 0 Å². The van der Waals surface area contributed by atoms with Gasteiger partial charge < -0.3 is 10.1 Å². The number of fused-ring (bicyclic) bond motifs is 1. The maximum Gasteiger partial charge on any atom is 0.420 e. The van der Waals surface area contributed by atoms with Crippen LogP contribution in [0.15, 0.2) is 89.8 Å². The second-order valence-electron chi connectivity index (χ2n) is 7.63. The Bertz CT molecular complexity index is 1500. The highest BCUT2D eigenvalue weighted by atomic mass is 32.2. The fourth-order valence-corrected chi connectivity index (χ4v) is 4.45. The SMILES string of the molecule is CC(=O)Nc1ccc(S(=O)(=O)Nc2ccc(Oc3ccc4ccccc4c3)c(C(F)(F)F)c2)cc1. The lowest BCUT2D eigenvalue weighted by Gasteiger charge is -2.16. The summed E-state index contributed by atoms with van der Waals surface area (Å²) in [4.78, 5) is 10.9. The van der Waals surface area contributed by atoms with Crippen LogP contribution in [0, 0.1) is 0 Å². The molecule has 0 atom stereocenters. The van der Waals surface area contributed by atoms with Crippen molar-refractivity contribution in [1.29, 1.82) is 0 Å². The quantitative estimate of drug-likeness (QED) is 0.320. The van der Waals surface area contributed by atoms with Gasteiger partial charge in [0.25, 0.3) is 10.0 Å². The van der Waals surface area contributed by atoms with Gasteiger partial charge in [0.2, 0.25) is 5.91 Å². The number of carbonyl (C=O) groups excluding carboxylic acids is 1. The minimum absolute atomic E-state index is 0.184. The fourth-order valence-electron chi connectivity index (χ4n) is 3.40. The molecule has 2 N–H and O–H groups in total. The average molecular weight is 500 g/mol. The Labute approximate surface area is 199 Å². The highest BCUT2D eigenvalue weighted by Gasteiger charge is 2.35. The molecule has 6 nitrogen and oxygen atoms in total. The van der Waals surface area contributed by atoms with Crippen LogP contribution in [-0.2, 0) is 21.0 Å². The molecule has 1 amide bonds. The zero-order valence-electron chi connectivity index (χ0n) is 18.3. The molecule has 0 saturated heterocycles. The molecule has 0 heterocycles. The number of hydrogen-bond acceptors (Lipinski definition) is 4. The molecule has 0 aliphatic carbocycles. The summed E-state index contributed by atoms with van der Waals surface area (Å²) in [6.45, 7) is 1.30. The highest BCUT2D eigenvalue weighted by molar-refractivity contribution is 7.92. The summed E-state index contributed by atoms with van der Waals surface area (Å²) >= 11 is 0. The molecule has 0 spiro atoms. The van der Waals surface area contributed by atoms with Gasteiger partial charge in [0.05, 0.1) is 4.90 Å². The maximum absolute atomic E-state index is 13.8. The minimum Gasteiger partial charge on any atom is -0.457 e. The highest BCUT2D eigenvalue weighted by Crippen LogP contribution is 2.40. The third-order valence-electron chi connectivity index (χ3n) is 4.97. The lowest BCUT2D eigenvalue weighted by Crippen LogP contribution is -2.15. The normalized spacial score (nSPS) is 11.8. The number of hydrogen-bond donors (Lipinski definition) is 2. The Kier molecular flexibility index (Phi) is 6.40.